The topological polar surface area (TPSA) is 9.72 Å². The Labute approximate surface area is 126 Å². The smallest absolute Gasteiger partial charge is 0.0909 e. The Kier molecular flexibility index (Phi) is 16.1. The van der Waals surface area contributed by atoms with Crippen molar-refractivity contribution in [1.29, 1.82) is 0 Å². The van der Waals surface area contributed by atoms with Gasteiger partial charge in [-0.15, -0.1) is 0 Å². The van der Waals surface area contributed by atoms with Crippen LogP contribution >= 0.6 is 0 Å². The van der Waals surface area contributed by atoms with Crippen molar-refractivity contribution in [2.45, 2.75) is 0 Å². The van der Waals surface area contributed by atoms with Crippen LogP contribution in [0, 0.1) is 0 Å². The normalized spacial score (nSPS) is 11.3. The predicted octanol–water partition coefficient (Wildman–Crippen LogP) is -2.63. The number of halogens is 1. The van der Waals surface area contributed by atoms with Gasteiger partial charge in [-0.05, 0) is 42.3 Å². The lowest BCUT2D eigenvalue weighted by atomic mass is 10.5. The Morgan fingerprint density at radius 1 is 0.611 bits per heavy atom. The molecule has 0 aliphatic heterocycles. The number of rotatable bonds is 6. The highest BCUT2D eigenvalue weighted by molar-refractivity contribution is 4.46. The van der Waals surface area contributed by atoms with Gasteiger partial charge in [-0.1, -0.05) is 0 Å². The van der Waals surface area contributed by atoms with E-state index in [4.69, 9.17) is 0 Å². The molecule has 18 heavy (non-hydrogen) atoms. The summed E-state index contributed by atoms with van der Waals surface area (Å²) < 4.78 is 1.05. The Balaban J connectivity index is -0.000000238. The molecule has 0 saturated carbocycles. The zero-order chi connectivity index (χ0) is 14.1. The molecule has 0 radical (unpaired) electrons. The molecule has 0 fully saturated rings. The van der Waals surface area contributed by atoms with E-state index in [-0.39, 0.29) is 17.0 Å². The summed E-state index contributed by atoms with van der Waals surface area (Å²) >= 11 is 0. The minimum Gasteiger partial charge on any atom is -1.00 e. The van der Waals surface area contributed by atoms with Crippen LogP contribution in [0.2, 0.25) is 0 Å². The summed E-state index contributed by atoms with van der Waals surface area (Å²) in [7, 11) is 19.2. The summed E-state index contributed by atoms with van der Waals surface area (Å²) in [6.07, 6.45) is 0. The molecule has 114 valence electrons. The van der Waals surface area contributed by atoms with E-state index in [1.165, 1.54) is 13.1 Å². The van der Waals surface area contributed by atoms with Gasteiger partial charge in [0.05, 0.1) is 27.7 Å². The predicted molar refractivity (Wildman–Crippen MR) is 78.6 cm³/mol. The van der Waals surface area contributed by atoms with E-state index >= 15 is 0 Å². The van der Waals surface area contributed by atoms with Gasteiger partial charge in [0.25, 0.3) is 0 Å². The molecule has 0 rings (SSSR count). The highest BCUT2D eigenvalue weighted by Gasteiger charge is 2.05. The van der Waals surface area contributed by atoms with Crippen LogP contribution in [-0.2, 0) is 0 Å². The lowest BCUT2D eigenvalue weighted by molar-refractivity contribution is -0.869. The number of likely N-dealkylation sites (N-methyl/N-ethyl adjacent to an activating group) is 4. The zero-order valence-electron chi connectivity index (χ0n) is 14.0. The molecule has 0 aromatic carbocycles. The van der Waals surface area contributed by atoms with Crippen LogP contribution in [0.4, 0.5) is 0 Å². The molecule has 0 heterocycles. The summed E-state index contributed by atoms with van der Waals surface area (Å²) in [5.74, 6) is 0. The molecule has 0 atom stereocenters. The van der Waals surface area contributed by atoms with E-state index in [2.05, 4.69) is 78.1 Å². The molecular weight excluding hydrogens is 292 g/mol. The molecule has 4 nitrogen and oxygen atoms in total. The Morgan fingerprint density at radius 3 is 1.00 bits per heavy atom. The SMILES string of the molecule is CN(C)CCN(C)C.CN(C)CC[N+](C)(C)C.[Br-]. The van der Waals surface area contributed by atoms with Crippen molar-refractivity contribution in [3.63, 3.8) is 0 Å². The van der Waals surface area contributed by atoms with Gasteiger partial charge in [0.2, 0.25) is 0 Å². The molecule has 5 heteroatoms. The van der Waals surface area contributed by atoms with E-state index in [9.17, 15) is 0 Å². The third kappa shape index (κ3) is 29.9. The molecule has 0 aliphatic carbocycles. The summed E-state index contributed by atoms with van der Waals surface area (Å²) in [5, 5.41) is 0. The number of hydrogen-bond donors (Lipinski definition) is 0. The van der Waals surface area contributed by atoms with Crippen molar-refractivity contribution in [2.24, 2.45) is 0 Å². The van der Waals surface area contributed by atoms with Gasteiger partial charge in [0.15, 0.2) is 0 Å². The highest BCUT2D eigenvalue weighted by atomic mass is 79.9. The number of hydrogen-bond acceptors (Lipinski definition) is 3. The van der Waals surface area contributed by atoms with Crippen LogP contribution < -0.4 is 17.0 Å². The first-order valence-corrected chi connectivity index (χ1v) is 6.29. The summed E-state index contributed by atoms with van der Waals surface area (Å²) in [6, 6.07) is 0. The monoisotopic (exact) mass is 326 g/mol. The fraction of sp³-hybridized carbons (Fsp3) is 1.00. The van der Waals surface area contributed by atoms with E-state index < -0.39 is 0 Å². The van der Waals surface area contributed by atoms with Gasteiger partial charge in [-0.3, -0.25) is 0 Å². The fourth-order valence-electron chi connectivity index (χ4n) is 0.900. The molecule has 0 bridgehead atoms. The van der Waals surface area contributed by atoms with Crippen molar-refractivity contribution < 1.29 is 21.5 Å². The Morgan fingerprint density at radius 2 is 0.889 bits per heavy atom. The molecule has 0 aromatic heterocycles. The molecule has 0 N–H and O–H groups in total. The van der Waals surface area contributed by atoms with Crippen LogP contribution in [-0.4, -0.2) is 109 Å². The molecule has 0 amide bonds. The van der Waals surface area contributed by atoms with E-state index in [0.717, 1.165) is 17.6 Å². The summed E-state index contributed by atoms with van der Waals surface area (Å²) in [5.41, 5.74) is 0. The molecular formula is C13H35BrN4. The van der Waals surface area contributed by atoms with Gasteiger partial charge in [0.1, 0.15) is 0 Å². The Bertz CT molecular complexity index is 157. The van der Waals surface area contributed by atoms with Crippen LogP contribution in [0.5, 0.6) is 0 Å². The fourth-order valence-corrected chi connectivity index (χ4v) is 0.900. The largest absolute Gasteiger partial charge is 1.00 e. The zero-order valence-corrected chi connectivity index (χ0v) is 15.6. The minimum atomic E-state index is 0. The maximum atomic E-state index is 2.21. The average Bonchev–Trinajstić information content (AvgIpc) is 2.11. The van der Waals surface area contributed by atoms with Gasteiger partial charge in [0, 0.05) is 19.6 Å². The van der Waals surface area contributed by atoms with Crippen molar-refractivity contribution >= 4 is 0 Å². The van der Waals surface area contributed by atoms with Gasteiger partial charge in [-0.25, -0.2) is 0 Å². The number of quaternary nitrogens is 1. The third-order valence-corrected chi connectivity index (χ3v) is 2.21. The number of nitrogens with zero attached hydrogens (tertiary/aromatic N) is 4. The second kappa shape index (κ2) is 12.4. The van der Waals surface area contributed by atoms with Gasteiger partial charge in [-0.2, -0.15) is 0 Å². The Hall–Kier alpha value is 0.320. The average molecular weight is 327 g/mol. The van der Waals surface area contributed by atoms with Crippen molar-refractivity contribution in [3.8, 4) is 0 Å². The van der Waals surface area contributed by atoms with Crippen LogP contribution in [0.15, 0.2) is 0 Å². The van der Waals surface area contributed by atoms with Crippen molar-refractivity contribution in [1.82, 2.24) is 14.7 Å². The standard InChI is InChI=1S/C7H19N2.C6H16N2.BrH/c1-8(2)6-7-9(3,4)5;1-7(2)5-6-8(3)4;/h6-7H2,1-5H3;5-6H2,1-4H3;1H/q+1;;/p-1. The van der Waals surface area contributed by atoms with Crippen molar-refractivity contribution in [3.05, 3.63) is 0 Å². The lowest BCUT2D eigenvalue weighted by Gasteiger charge is -2.25. The van der Waals surface area contributed by atoms with Crippen LogP contribution in [0.3, 0.4) is 0 Å². The molecule has 0 unspecified atom stereocenters. The van der Waals surface area contributed by atoms with E-state index in [1.54, 1.807) is 0 Å². The van der Waals surface area contributed by atoms with Gasteiger partial charge < -0.3 is 36.2 Å². The highest BCUT2D eigenvalue weighted by Crippen LogP contribution is 1.88. The third-order valence-electron chi connectivity index (χ3n) is 2.21. The first-order chi connectivity index (χ1) is 7.54. The molecule has 0 aliphatic rings. The molecule has 0 aromatic rings. The maximum Gasteiger partial charge on any atom is 0.0909 e. The second-order valence-corrected chi connectivity index (χ2v) is 6.42. The lowest BCUT2D eigenvalue weighted by Crippen LogP contribution is -3.00. The second-order valence-electron chi connectivity index (χ2n) is 6.42. The van der Waals surface area contributed by atoms with E-state index in [0.29, 0.717) is 0 Å². The quantitative estimate of drug-likeness (QED) is 0.494. The first kappa shape index (κ1) is 23.4. The van der Waals surface area contributed by atoms with E-state index in [1.807, 2.05) is 0 Å². The minimum absolute atomic E-state index is 0. The molecule has 0 spiro atoms. The molecule has 0 saturated heterocycles. The first-order valence-electron chi connectivity index (χ1n) is 6.29. The summed E-state index contributed by atoms with van der Waals surface area (Å²) in [6.45, 7) is 4.68. The maximum absolute atomic E-state index is 2.21. The van der Waals surface area contributed by atoms with Crippen LogP contribution in [0.25, 0.3) is 0 Å². The van der Waals surface area contributed by atoms with Gasteiger partial charge >= 0.3 is 0 Å². The van der Waals surface area contributed by atoms with Crippen molar-refractivity contribution in [2.75, 3.05) is 89.6 Å². The summed E-state index contributed by atoms with van der Waals surface area (Å²) in [4.78, 5) is 6.57. The van der Waals surface area contributed by atoms with Crippen LogP contribution in [0.1, 0.15) is 0 Å².